The normalized spacial score (nSPS) is 25.1. The van der Waals surface area contributed by atoms with E-state index in [1.807, 2.05) is 0 Å². The van der Waals surface area contributed by atoms with E-state index in [1.54, 1.807) is 11.8 Å². The molecule has 1 fully saturated rings. The van der Waals surface area contributed by atoms with E-state index in [1.165, 1.54) is 0 Å². The van der Waals surface area contributed by atoms with Gasteiger partial charge >= 0.3 is 5.97 Å². The van der Waals surface area contributed by atoms with E-state index in [0.717, 1.165) is 25.4 Å². The van der Waals surface area contributed by atoms with Crippen LogP contribution in [0.2, 0.25) is 0 Å². The van der Waals surface area contributed by atoms with Gasteiger partial charge in [0.1, 0.15) is 6.04 Å². The first-order valence-corrected chi connectivity index (χ1v) is 6.11. The molecule has 2 unspecified atom stereocenters. The fourth-order valence-corrected chi connectivity index (χ4v) is 2.36. The van der Waals surface area contributed by atoms with E-state index in [4.69, 9.17) is 15.6 Å². The van der Waals surface area contributed by atoms with E-state index in [0.29, 0.717) is 5.75 Å². The van der Waals surface area contributed by atoms with Crippen molar-refractivity contribution < 1.29 is 14.6 Å². The number of carboxylic acid groups (broad SMARTS) is 1. The molecular formula is C9H18N2O3S. The molecule has 0 aromatic heterocycles. The lowest BCUT2D eigenvalue weighted by atomic mass is 10.3. The Balaban J connectivity index is 2.11. The molecule has 1 aliphatic heterocycles. The van der Waals surface area contributed by atoms with Gasteiger partial charge in [-0.15, -0.1) is 0 Å². The largest absolute Gasteiger partial charge is 0.480 e. The van der Waals surface area contributed by atoms with E-state index in [9.17, 15) is 4.79 Å². The Hall–Kier alpha value is -0.300. The second-order valence-electron chi connectivity index (χ2n) is 3.74. The average Bonchev–Trinajstić information content (AvgIpc) is 2.17. The number of thioether (sulfide) groups is 1. The van der Waals surface area contributed by atoms with Crippen LogP contribution in [0.1, 0.15) is 0 Å². The third-order valence-electron chi connectivity index (χ3n) is 2.26. The van der Waals surface area contributed by atoms with E-state index in [2.05, 4.69) is 11.9 Å². The number of nitrogens with two attached hydrogens (primary N) is 1. The van der Waals surface area contributed by atoms with Gasteiger partial charge in [-0.3, -0.25) is 4.79 Å². The minimum absolute atomic E-state index is 0.203. The van der Waals surface area contributed by atoms with Gasteiger partial charge in [-0.1, -0.05) is 0 Å². The highest BCUT2D eigenvalue weighted by Crippen LogP contribution is 2.11. The van der Waals surface area contributed by atoms with Crippen LogP contribution in [-0.2, 0) is 9.53 Å². The van der Waals surface area contributed by atoms with Crippen LogP contribution in [0.4, 0.5) is 0 Å². The first-order valence-electron chi connectivity index (χ1n) is 4.96. The molecule has 0 spiro atoms. The summed E-state index contributed by atoms with van der Waals surface area (Å²) in [7, 11) is 2.06. The van der Waals surface area contributed by atoms with Crippen LogP contribution < -0.4 is 5.73 Å². The van der Waals surface area contributed by atoms with Gasteiger partial charge in [0.15, 0.2) is 0 Å². The molecule has 1 aliphatic rings. The zero-order chi connectivity index (χ0) is 11.3. The lowest BCUT2D eigenvalue weighted by Gasteiger charge is -2.29. The quantitative estimate of drug-likeness (QED) is 0.665. The first-order chi connectivity index (χ1) is 7.09. The molecule has 0 bridgehead atoms. The molecule has 1 heterocycles. The Kier molecular flexibility index (Phi) is 5.38. The number of hydrogen-bond acceptors (Lipinski definition) is 5. The van der Waals surface area contributed by atoms with Gasteiger partial charge in [-0.25, -0.2) is 0 Å². The summed E-state index contributed by atoms with van der Waals surface area (Å²) in [5.74, 6) is 0.314. The Morgan fingerprint density at radius 2 is 2.53 bits per heavy atom. The Morgan fingerprint density at radius 1 is 1.80 bits per heavy atom. The highest BCUT2D eigenvalue weighted by Gasteiger charge is 2.18. The fourth-order valence-electron chi connectivity index (χ4n) is 1.37. The Labute approximate surface area is 93.9 Å². The molecular weight excluding hydrogens is 216 g/mol. The number of rotatable bonds is 5. The molecule has 1 rings (SSSR count). The highest BCUT2D eigenvalue weighted by molar-refractivity contribution is 7.99. The maximum Gasteiger partial charge on any atom is 0.321 e. The second-order valence-corrected chi connectivity index (χ2v) is 4.81. The van der Waals surface area contributed by atoms with Crippen molar-refractivity contribution in [3.05, 3.63) is 0 Å². The fraction of sp³-hybridized carbons (Fsp3) is 0.889. The average molecular weight is 234 g/mol. The summed E-state index contributed by atoms with van der Waals surface area (Å²) in [5.41, 5.74) is 5.39. The molecule has 15 heavy (non-hydrogen) atoms. The molecule has 0 amide bonds. The van der Waals surface area contributed by atoms with Crippen molar-refractivity contribution in [2.24, 2.45) is 5.73 Å². The third-order valence-corrected chi connectivity index (χ3v) is 3.46. The summed E-state index contributed by atoms with van der Waals surface area (Å²) in [6.07, 6.45) is 0.203. The number of ether oxygens (including phenoxy) is 1. The summed E-state index contributed by atoms with van der Waals surface area (Å²) >= 11 is 1.54. The SMILES string of the molecule is CN1CCOC(CSCC(N)C(=O)O)C1. The van der Waals surface area contributed by atoms with Gasteiger partial charge in [0, 0.05) is 24.6 Å². The standard InChI is InChI=1S/C9H18N2O3S/c1-11-2-3-14-7(4-11)5-15-6-8(10)9(12)13/h7-8H,2-6,10H2,1H3,(H,12,13). The van der Waals surface area contributed by atoms with Gasteiger partial charge in [-0.2, -0.15) is 11.8 Å². The van der Waals surface area contributed by atoms with Crippen LogP contribution in [0.5, 0.6) is 0 Å². The van der Waals surface area contributed by atoms with Crippen molar-refractivity contribution in [3.63, 3.8) is 0 Å². The van der Waals surface area contributed by atoms with Crippen molar-refractivity contribution >= 4 is 17.7 Å². The van der Waals surface area contributed by atoms with Gasteiger partial charge in [0.05, 0.1) is 12.7 Å². The topological polar surface area (TPSA) is 75.8 Å². The second kappa shape index (κ2) is 6.32. The smallest absolute Gasteiger partial charge is 0.321 e. The molecule has 3 N–H and O–H groups in total. The van der Waals surface area contributed by atoms with Crippen LogP contribution in [0.15, 0.2) is 0 Å². The summed E-state index contributed by atoms with van der Waals surface area (Å²) < 4.78 is 5.54. The van der Waals surface area contributed by atoms with Crippen LogP contribution in [0.25, 0.3) is 0 Å². The van der Waals surface area contributed by atoms with Crippen molar-refractivity contribution in [1.29, 1.82) is 0 Å². The first kappa shape index (κ1) is 12.8. The highest BCUT2D eigenvalue weighted by atomic mass is 32.2. The number of morpholine rings is 1. The Morgan fingerprint density at radius 3 is 3.13 bits per heavy atom. The van der Waals surface area contributed by atoms with Gasteiger partial charge in [-0.05, 0) is 7.05 Å². The number of aliphatic carboxylic acids is 1. The molecule has 6 heteroatoms. The van der Waals surface area contributed by atoms with Crippen LogP contribution >= 0.6 is 11.8 Å². The molecule has 2 atom stereocenters. The molecule has 0 aromatic carbocycles. The predicted molar refractivity (Wildman–Crippen MR) is 60.2 cm³/mol. The molecule has 1 saturated heterocycles. The van der Waals surface area contributed by atoms with Crippen LogP contribution in [0.3, 0.4) is 0 Å². The molecule has 0 aliphatic carbocycles. The minimum atomic E-state index is -0.941. The van der Waals surface area contributed by atoms with Gasteiger partial charge in [0.25, 0.3) is 0 Å². The van der Waals surface area contributed by atoms with Crippen molar-refractivity contribution in [3.8, 4) is 0 Å². The molecule has 0 aromatic rings. The maximum atomic E-state index is 10.5. The summed E-state index contributed by atoms with van der Waals surface area (Å²) in [4.78, 5) is 12.7. The monoisotopic (exact) mass is 234 g/mol. The lowest BCUT2D eigenvalue weighted by molar-refractivity contribution is -0.137. The molecule has 0 radical (unpaired) electrons. The Bertz CT molecular complexity index is 216. The van der Waals surface area contributed by atoms with E-state index in [-0.39, 0.29) is 6.10 Å². The van der Waals surface area contributed by atoms with E-state index >= 15 is 0 Å². The van der Waals surface area contributed by atoms with Gasteiger partial charge in [0.2, 0.25) is 0 Å². The zero-order valence-electron chi connectivity index (χ0n) is 8.89. The summed E-state index contributed by atoms with van der Waals surface area (Å²) in [6, 6.07) is -0.767. The maximum absolute atomic E-state index is 10.5. The van der Waals surface area contributed by atoms with Gasteiger partial charge < -0.3 is 20.5 Å². The minimum Gasteiger partial charge on any atom is -0.480 e. The summed E-state index contributed by atoms with van der Waals surface area (Å²) in [6.45, 7) is 2.64. The molecule has 88 valence electrons. The molecule has 0 saturated carbocycles. The zero-order valence-corrected chi connectivity index (χ0v) is 9.70. The number of hydrogen-bond donors (Lipinski definition) is 2. The summed E-state index contributed by atoms with van der Waals surface area (Å²) in [5, 5.41) is 8.58. The number of carbonyl (C=O) groups is 1. The van der Waals surface area contributed by atoms with E-state index < -0.39 is 12.0 Å². The lowest BCUT2D eigenvalue weighted by Crippen LogP contribution is -2.41. The molecule has 5 nitrogen and oxygen atoms in total. The van der Waals surface area contributed by atoms with Crippen LogP contribution in [-0.4, -0.2) is 66.4 Å². The van der Waals surface area contributed by atoms with Crippen molar-refractivity contribution in [2.75, 3.05) is 38.2 Å². The van der Waals surface area contributed by atoms with Crippen molar-refractivity contribution in [2.45, 2.75) is 12.1 Å². The predicted octanol–water partition coefficient (Wildman–Crippen LogP) is -0.538. The number of nitrogens with zero attached hydrogens (tertiary/aromatic N) is 1. The number of likely N-dealkylation sites (N-methyl/N-ethyl adjacent to an activating group) is 1. The number of carboxylic acids is 1. The van der Waals surface area contributed by atoms with Crippen molar-refractivity contribution in [1.82, 2.24) is 4.90 Å². The van der Waals surface area contributed by atoms with Crippen LogP contribution in [0, 0.1) is 0 Å². The third kappa shape index (κ3) is 4.83.